The van der Waals surface area contributed by atoms with E-state index < -0.39 is 6.04 Å². The average Bonchev–Trinajstić information content (AvgIpc) is 2.52. The van der Waals surface area contributed by atoms with E-state index in [-0.39, 0.29) is 36.2 Å². The van der Waals surface area contributed by atoms with Gasteiger partial charge < -0.3 is 15.4 Å². The molecule has 1 fully saturated rings. The molecule has 0 radical (unpaired) electrons. The molecule has 2 N–H and O–H groups in total. The van der Waals surface area contributed by atoms with Crippen LogP contribution < -0.4 is 5.73 Å². The van der Waals surface area contributed by atoms with Gasteiger partial charge in [-0.2, -0.15) is 0 Å². The second-order valence-electron chi connectivity index (χ2n) is 5.61. The van der Waals surface area contributed by atoms with Crippen LogP contribution in [0.3, 0.4) is 0 Å². The molecular formula is C16H24ClFN2O2. The standard InChI is InChI=1S/C16H23FN2O2.ClH/c1-3-11(2)15(18)16(20)19-7-8-21-14(10-19)12-5-4-6-13(17)9-12;/h4-6,9,11,14-15H,3,7-8,10,18H2,1-2H3;1H. The van der Waals surface area contributed by atoms with Crippen LogP contribution in [0.2, 0.25) is 0 Å². The second-order valence-corrected chi connectivity index (χ2v) is 5.61. The molecule has 124 valence electrons. The van der Waals surface area contributed by atoms with E-state index in [9.17, 15) is 9.18 Å². The Kier molecular flexibility index (Phi) is 7.26. The summed E-state index contributed by atoms with van der Waals surface area (Å²) >= 11 is 0. The molecule has 1 aliphatic heterocycles. The van der Waals surface area contributed by atoms with Gasteiger partial charge in [0.2, 0.25) is 5.91 Å². The minimum Gasteiger partial charge on any atom is -0.370 e. The minimum atomic E-state index is -0.485. The van der Waals surface area contributed by atoms with Crippen molar-refractivity contribution in [3.05, 3.63) is 35.6 Å². The van der Waals surface area contributed by atoms with Crippen molar-refractivity contribution in [3.8, 4) is 0 Å². The Balaban J connectivity index is 0.00000242. The fraction of sp³-hybridized carbons (Fsp3) is 0.562. The SMILES string of the molecule is CCC(C)C(N)C(=O)N1CCOC(c2cccc(F)c2)C1.Cl. The number of rotatable bonds is 4. The Labute approximate surface area is 137 Å². The fourth-order valence-corrected chi connectivity index (χ4v) is 2.47. The van der Waals surface area contributed by atoms with Crippen LogP contribution in [0.25, 0.3) is 0 Å². The average molecular weight is 331 g/mol. The molecule has 1 aliphatic rings. The lowest BCUT2D eigenvalue weighted by molar-refractivity contribution is -0.141. The van der Waals surface area contributed by atoms with Gasteiger partial charge in [-0.25, -0.2) is 4.39 Å². The topological polar surface area (TPSA) is 55.6 Å². The van der Waals surface area contributed by atoms with E-state index in [4.69, 9.17) is 10.5 Å². The number of carbonyl (C=O) groups is 1. The van der Waals surface area contributed by atoms with Crippen molar-refractivity contribution in [1.82, 2.24) is 4.90 Å². The molecule has 4 nitrogen and oxygen atoms in total. The third-order valence-corrected chi connectivity index (χ3v) is 4.14. The van der Waals surface area contributed by atoms with Gasteiger partial charge in [0.25, 0.3) is 0 Å². The summed E-state index contributed by atoms with van der Waals surface area (Å²) < 4.78 is 19.0. The van der Waals surface area contributed by atoms with E-state index in [1.165, 1.54) is 12.1 Å². The molecule has 0 spiro atoms. The molecule has 1 heterocycles. The zero-order valence-corrected chi connectivity index (χ0v) is 13.8. The third-order valence-electron chi connectivity index (χ3n) is 4.14. The first-order valence-corrected chi connectivity index (χ1v) is 7.44. The van der Waals surface area contributed by atoms with Crippen LogP contribution >= 0.6 is 12.4 Å². The number of carbonyl (C=O) groups excluding carboxylic acids is 1. The lowest BCUT2D eigenvalue weighted by Gasteiger charge is -2.35. The van der Waals surface area contributed by atoms with E-state index in [1.54, 1.807) is 11.0 Å². The zero-order valence-electron chi connectivity index (χ0n) is 13.0. The highest BCUT2D eigenvalue weighted by Gasteiger charge is 2.30. The Bertz CT molecular complexity index is 501. The molecule has 0 aromatic heterocycles. The summed E-state index contributed by atoms with van der Waals surface area (Å²) in [5.74, 6) is -0.196. The number of halogens is 2. The van der Waals surface area contributed by atoms with Crippen molar-refractivity contribution in [2.24, 2.45) is 11.7 Å². The summed E-state index contributed by atoms with van der Waals surface area (Å²) in [6.45, 7) is 5.40. The highest BCUT2D eigenvalue weighted by molar-refractivity contribution is 5.85. The Hall–Kier alpha value is -1.17. The molecule has 1 saturated heterocycles. The maximum absolute atomic E-state index is 13.3. The molecule has 22 heavy (non-hydrogen) atoms. The van der Waals surface area contributed by atoms with Gasteiger partial charge in [-0.05, 0) is 23.6 Å². The Morgan fingerprint density at radius 1 is 1.55 bits per heavy atom. The molecule has 0 aliphatic carbocycles. The zero-order chi connectivity index (χ0) is 15.4. The van der Waals surface area contributed by atoms with E-state index >= 15 is 0 Å². The van der Waals surface area contributed by atoms with E-state index in [1.807, 2.05) is 19.9 Å². The summed E-state index contributed by atoms with van der Waals surface area (Å²) in [5.41, 5.74) is 6.77. The number of benzene rings is 1. The minimum absolute atomic E-state index is 0. The second kappa shape index (κ2) is 8.46. The summed E-state index contributed by atoms with van der Waals surface area (Å²) in [5, 5.41) is 0. The molecule has 1 amide bonds. The predicted octanol–water partition coefficient (Wildman–Crippen LogP) is 2.52. The lowest BCUT2D eigenvalue weighted by atomic mass is 9.98. The molecule has 0 bridgehead atoms. The summed E-state index contributed by atoms with van der Waals surface area (Å²) in [6, 6.07) is 5.83. The van der Waals surface area contributed by atoms with Gasteiger partial charge in [-0.15, -0.1) is 12.4 Å². The van der Waals surface area contributed by atoms with Crippen LogP contribution in [-0.2, 0) is 9.53 Å². The lowest BCUT2D eigenvalue weighted by Crippen LogP contribution is -2.51. The number of ether oxygens (including phenoxy) is 1. The summed E-state index contributed by atoms with van der Waals surface area (Å²) in [6.07, 6.45) is 0.576. The van der Waals surface area contributed by atoms with Gasteiger partial charge in [0.15, 0.2) is 0 Å². The maximum Gasteiger partial charge on any atom is 0.239 e. The molecular weight excluding hydrogens is 307 g/mol. The normalized spacial score (nSPS) is 20.9. The Morgan fingerprint density at radius 3 is 2.91 bits per heavy atom. The number of nitrogens with zero attached hydrogens (tertiary/aromatic N) is 1. The van der Waals surface area contributed by atoms with Crippen LogP contribution in [0.1, 0.15) is 31.9 Å². The number of amides is 1. The van der Waals surface area contributed by atoms with Crippen LogP contribution in [0, 0.1) is 11.7 Å². The molecule has 3 atom stereocenters. The van der Waals surface area contributed by atoms with Gasteiger partial charge in [-0.3, -0.25) is 4.79 Å². The maximum atomic E-state index is 13.3. The van der Waals surface area contributed by atoms with Crippen molar-refractivity contribution < 1.29 is 13.9 Å². The van der Waals surface area contributed by atoms with Crippen molar-refractivity contribution in [2.75, 3.05) is 19.7 Å². The number of morpholine rings is 1. The molecule has 1 aromatic carbocycles. The van der Waals surface area contributed by atoms with E-state index in [0.29, 0.717) is 19.7 Å². The van der Waals surface area contributed by atoms with Crippen LogP contribution in [0.4, 0.5) is 4.39 Å². The quantitative estimate of drug-likeness (QED) is 0.923. The highest BCUT2D eigenvalue weighted by atomic mass is 35.5. The fourth-order valence-electron chi connectivity index (χ4n) is 2.47. The van der Waals surface area contributed by atoms with Gasteiger partial charge >= 0.3 is 0 Å². The van der Waals surface area contributed by atoms with Gasteiger partial charge in [0.05, 0.1) is 19.2 Å². The largest absolute Gasteiger partial charge is 0.370 e. The number of nitrogens with two attached hydrogens (primary N) is 1. The van der Waals surface area contributed by atoms with Gasteiger partial charge in [0, 0.05) is 6.54 Å². The van der Waals surface area contributed by atoms with Crippen molar-refractivity contribution in [3.63, 3.8) is 0 Å². The first-order valence-electron chi connectivity index (χ1n) is 7.44. The molecule has 0 saturated carbocycles. The monoisotopic (exact) mass is 330 g/mol. The number of hydrogen-bond acceptors (Lipinski definition) is 3. The molecule has 2 rings (SSSR count). The molecule has 3 unspecified atom stereocenters. The first kappa shape index (κ1) is 18.9. The van der Waals surface area contributed by atoms with Gasteiger partial charge in [0.1, 0.15) is 11.9 Å². The van der Waals surface area contributed by atoms with Crippen LogP contribution in [-0.4, -0.2) is 36.5 Å². The molecule has 6 heteroatoms. The van der Waals surface area contributed by atoms with Crippen molar-refractivity contribution in [2.45, 2.75) is 32.4 Å². The van der Waals surface area contributed by atoms with Crippen molar-refractivity contribution in [1.29, 1.82) is 0 Å². The Morgan fingerprint density at radius 2 is 2.27 bits per heavy atom. The predicted molar refractivity (Wildman–Crippen MR) is 86.4 cm³/mol. The smallest absolute Gasteiger partial charge is 0.239 e. The van der Waals surface area contributed by atoms with Gasteiger partial charge in [-0.1, -0.05) is 32.4 Å². The van der Waals surface area contributed by atoms with E-state index in [2.05, 4.69) is 0 Å². The summed E-state index contributed by atoms with van der Waals surface area (Å²) in [4.78, 5) is 14.1. The van der Waals surface area contributed by atoms with Crippen LogP contribution in [0.15, 0.2) is 24.3 Å². The van der Waals surface area contributed by atoms with Crippen LogP contribution in [0.5, 0.6) is 0 Å². The van der Waals surface area contributed by atoms with E-state index in [0.717, 1.165) is 12.0 Å². The highest BCUT2D eigenvalue weighted by Crippen LogP contribution is 2.23. The summed E-state index contributed by atoms with van der Waals surface area (Å²) in [7, 11) is 0. The first-order chi connectivity index (χ1) is 10.0. The van der Waals surface area contributed by atoms with Crippen molar-refractivity contribution >= 4 is 18.3 Å². The third kappa shape index (κ3) is 4.41. The molecule has 1 aromatic rings. The number of hydrogen-bond donors (Lipinski definition) is 1.